The lowest BCUT2D eigenvalue weighted by Crippen LogP contribution is -1.99. The molecule has 1 nitrogen and oxygen atoms in total. The summed E-state index contributed by atoms with van der Waals surface area (Å²) < 4.78 is 5.48. The number of fused-ring (bicyclic) bond motifs is 1. The quantitative estimate of drug-likeness (QED) is 0.708. The van der Waals surface area contributed by atoms with Crippen LogP contribution in [0.4, 0.5) is 0 Å². The second-order valence-corrected chi connectivity index (χ2v) is 6.06. The molecule has 0 aromatic heterocycles. The number of alkyl halides is 1. The third kappa shape index (κ3) is 2.86. The maximum absolute atomic E-state index is 6.72. The van der Waals surface area contributed by atoms with Crippen LogP contribution in [-0.2, 0) is 30.8 Å². The molecule has 0 saturated carbocycles. The second-order valence-electron chi connectivity index (χ2n) is 5.62. The molecule has 1 atom stereocenters. The zero-order chi connectivity index (χ0) is 14.8. The van der Waals surface area contributed by atoms with Crippen molar-refractivity contribution in [3.05, 3.63) is 69.8 Å². The summed E-state index contributed by atoms with van der Waals surface area (Å²) in [5, 5.41) is -0.0906. The first-order valence-corrected chi connectivity index (χ1v) is 8.11. The van der Waals surface area contributed by atoms with Gasteiger partial charge in [0.1, 0.15) is 0 Å². The molecular weight excluding hydrogens is 280 g/mol. The van der Waals surface area contributed by atoms with Gasteiger partial charge in [0, 0.05) is 0 Å². The van der Waals surface area contributed by atoms with Gasteiger partial charge in [-0.25, -0.2) is 0 Å². The van der Waals surface area contributed by atoms with E-state index < -0.39 is 0 Å². The van der Waals surface area contributed by atoms with Crippen LogP contribution in [0.15, 0.2) is 36.4 Å². The molecule has 0 fully saturated rings. The molecule has 0 radical (unpaired) electrons. The van der Waals surface area contributed by atoms with Crippen LogP contribution in [0.3, 0.4) is 0 Å². The highest BCUT2D eigenvalue weighted by Gasteiger charge is 2.17. The van der Waals surface area contributed by atoms with Crippen LogP contribution < -0.4 is 0 Å². The molecule has 2 aromatic carbocycles. The van der Waals surface area contributed by atoms with E-state index in [1.165, 1.54) is 27.8 Å². The van der Waals surface area contributed by atoms with Gasteiger partial charge in [-0.3, -0.25) is 0 Å². The number of halogens is 1. The van der Waals surface area contributed by atoms with Crippen LogP contribution in [0.2, 0.25) is 0 Å². The van der Waals surface area contributed by atoms with Crippen molar-refractivity contribution in [1.29, 1.82) is 0 Å². The first-order valence-electron chi connectivity index (χ1n) is 7.68. The monoisotopic (exact) mass is 300 g/mol. The molecule has 110 valence electrons. The SMILES string of the molecule is CCc1ccc(C(Cl)c2ccc3c(c2)COC3)cc1CC. The fourth-order valence-corrected chi connectivity index (χ4v) is 3.29. The molecule has 0 spiro atoms. The lowest BCUT2D eigenvalue weighted by molar-refractivity contribution is 0.134. The molecule has 2 aromatic rings. The predicted octanol–water partition coefficient (Wildman–Crippen LogP) is 5.17. The van der Waals surface area contributed by atoms with Crippen LogP contribution in [0, 0.1) is 0 Å². The smallest absolute Gasteiger partial charge is 0.0835 e. The third-order valence-electron chi connectivity index (χ3n) is 4.32. The molecule has 1 aliphatic rings. The van der Waals surface area contributed by atoms with Crippen molar-refractivity contribution in [2.45, 2.75) is 45.3 Å². The van der Waals surface area contributed by atoms with Gasteiger partial charge < -0.3 is 4.74 Å². The second kappa shape index (κ2) is 6.21. The van der Waals surface area contributed by atoms with Gasteiger partial charge in [-0.1, -0.05) is 50.2 Å². The molecule has 1 aliphatic heterocycles. The summed E-state index contributed by atoms with van der Waals surface area (Å²) in [5.74, 6) is 0. The van der Waals surface area contributed by atoms with Crippen LogP contribution in [-0.4, -0.2) is 0 Å². The van der Waals surface area contributed by atoms with Gasteiger partial charge in [-0.2, -0.15) is 0 Å². The van der Waals surface area contributed by atoms with Gasteiger partial charge in [-0.15, -0.1) is 11.6 Å². The Bertz CT molecular complexity index is 648. The van der Waals surface area contributed by atoms with Crippen molar-refractivity contribution in [3.63, 3.8) is 0 Å². The molecule has 0 aliphatic carbocycles. The van der Waals surface area contributed by atoms with Crippen molar-refractivity contribution in [2.75, 3.05) is 0 Å². The number of aryl methyl sites for hydroxylation is 2. The molecule has 0 bridgehead atoms. The number of hydrogen-bond acceptors (Lipinski definition) is 1. The Morgan fingerprint density at radius 2 is 1.57 bits per heavy atom. The summed E-state index contributed by atoms with van der Waals surface area (Å²) in [5.41, 5.74) is 7.74. The van der Waals surface area contributed by atoms with Gasteiger partial charge in [0.25, 0.3) is 0 Å². The van der Waals surface area contributed by atoms with E-state index in [0.717, 1.165) is 25.0 Å². The minimum Gasteiger partial charge on any atom is -0.372 e. The third-order valence-corrected chi connectivity index (χ3v) is 4.83. The molecule has 3 rings (SSSR count). The van der Waals surface area contributed by atoms with Gasteiger partial charge in [0.15, 0.2) is 0 Å². The molecule has 2 heteroatoms. The molecule has 1 heterocycles. The van der Waals surface area contributed by atoms with Gasteiger partial charge >= 0.3 is 0 Å². The molecule has 0 amide bonds. The Labute approximate surface area is 131 Å². The Balaban J connectivity index is 1.93. The molecule has 0 saturated heterocycles. The lowest BCUT2D eigenvalue weighted by atomic mass is 9.95. The van der Waals surface area contributed by atoms with Crippen molar-refractivity contribution in [2.24, 2.45) is 0 Å². The number of benzene rings is 2. The standard InChI is InChI=1S/C19H21ClO/c1-3-13-5-6-15(9-14(13)4-2)19(20)16-7-8-17-11-21-12-18(17)10-16/h5-10,19H,3-4,11-12H2,1-2H3. The highest BCUT2D eigenvalue weighted by Crippen LogP contribution is 2.33. The van der Waals surface area contributed by atoms with Crippen LogP contribution in [0.5, 0.6) is 0 Å². The van der Waals surface area contributed by atoms with E-state index in [1.807, 2.05) is 0 Å². The summed E-state index contributed by atoms with van der Waals surface area (Å²) in [7, 11) is 0. The summed E-state index contributed by atoms with van der Waals surface area (Å²) >= 11 is 6.72. The summed E-state index contributed by atoms with van der Waals surface area (Å²) in [6.45, 7) is 5.84. The van der Waals surface area contributed by atoms with Crippen LogP contribution in [0.1, 0.15) is 52.6 Å². The Morgan fingerprint density at radius 3 is 2.33 bits per heavy atom. The number of ether oxygens (including phenoxy) is 1. The fraction of sp³-hybridized carbons (Fsp3) is 0.368. The van der Waals surface area contributed by atoms with E-state index >= 15 is 0 Å². The zero-order valence-electron chi connectivity index (χ0n) is 12.7. The minimum absolute atomic E-state index is 0.0906. The van der Waals surface area contributed by atoms with Crippen LogP contribution in [0.25, 0.3) is 0 Å². The van der Waals surface area contributed by atoms with Crippen molar-refractivity contribution in [1.82, 2.24) is 0 Å². The largest absolute Gasteiger partial charge is 0.372 e. The van der Waals surface area contributed by atoms with Gasteiger partial charge in [-0.05, 0) is 46.2 Å². The van der Waals surface area contributed by atoms with Crippen molar-refractivity contribution < 1.29 is 4.74 Å². The highest BCUT2D eigenvalue weighted by atomic mass is 35.5. The van der Waals surface area contributed by atoms with E-state index in [2.05, 4.69) is 50.2 Å². The number of hydrogen-bond donors (Lipinski definition) is 0. The Hall–Kier alpha value is -1.31. The number of rotatable bonds is 4. The minimum atomic E-state index is -0.0906. The van der Waals surface area contributed by atoms with E-state index in [-0.39, 0.29) is 5.38 Å². The van der Waals surface area contributed by atoms with Gasteiger partial charge in [0.05, 0.1) is 18.6 Å². The first kappa shape index (κ1) is 14.6. The normalized spacial score (nSPS) is 15.0. The zero-order valence-corrected chi connectivity index (χ0v) is 13.4. The average Bonchev–Trinajstić information content (AvgIpc) is 3.00. The molecule has 0 N–H and O–H groups in total. The van der Waals surface area contributed by atoms with Crippen molar-refractivity contribution >= 4 is 11.6 Å². The van der Waals surface area contributed by atoms with Gasteiger partial charge in [0.2, 0.25) is 0 Å². The first-order chi connectivity index (χ1) is 10.2. The predicted molar refractivity (Wildman–Crippen MR) is 87.8 cm³/mol. The van der Waals surface area contributed by atoms with Crippen LogP contribution >= 0.6 is 11.6 Å². The highest BCUT2D eigenvalue weighted by molar-refractivity contribution is 6.22. The van der Waals surface area contributed by atoms with E-state index in [4.69, 9.17) is 16.3 Å². The Morgan fingerprint density at radius 1 is 0.905 bits per heavy atom. The molecule has 21 heavy (non-hydrogen) atoms. The van der Waals surface area contributed by atoms with Crippen molar-refractivity contribution in [3.8, 4) is 0 Å². The van der Waals surface area contributed by atoms with E-state index in [0.29, 0.717) is 6.61 Å². The Kier molecular flexibility index (Phi) is 4.32. The maximum atomic E-state index is 6.72. The molecule has 1 unspecified atom stereocenters. The lowest BCUT2D eigenvalue weighted by Gasteiger charge is -2.15. The van der Waals surface area contributed by atoms with E-state index in [1.54, 1.807) is 0 Å². The summed E-state index contributed by atoms with van der Waals surface area (Å²) in [6.07, 6.45) is 2.13. The average molecular weight is 301 g/mol. The fourth-order valence-electron chi connectivity index (χ4n) is 3.02. The summed E-state index contributed by atoms with van der Waals surface area (Å²) in [4.78, 5) is 0. The topological polar surface area (TPSA) is 9.23 Å². The summed E-state index contributed by atoms with van der Waals surface area (Å²) in [6, 6.07) is 13.1. The van der Waals surface area contributed by atoms with E-state index in [9.17, 15) is 0 Å². The maximum Gasteiger partial charge on any atom is 0.0835 e. The molecular formula is C19H21ClO.